The number of rotatable bonds is 4. The molecule has 1 aliphatic rings. The highest BCUT2D eigenvalue weighted by atomic mass is 19.4. The molecule has 2 aromatic rings. The predicted molar refractivity (Wildman–Crippen MR) is 94.8 cm³/mol. The van der Waals surface area contributed by atoms with E-state index in [-0.39, 0.29) is 11.6 Å². The molecule has 1 N–H and O–H groups in total. The van der Waals surface area contributed by atoms with Gasteiger partial charge in [0.15, 0.2) is 11.5 Å². The first-order chi connectivity index (χ1) is 12.9. The Morgan fingerprint density at radius 2 is 1.70 bits per heavy atom. The van der Waals surface area contributed by atoms with Crippen LogP contribution in [-0.4, -0.2) is 58.6 Å². The number of carbonyl (C=O) groups is 1. The lowest BCUT2D eigenvalue weighted by atomic mass is 10.2. The van der Waals surface area contributed by atoms with E-state index in [1.54, 1.807) is 17.0 Å². The molecule has 1 saturated heterocycles. The Labute approximate surface area is 155 Å². The third-order valence-electron chi connectivity index (χ3n) is 4.48. The number of aromatic nitrogens is 2. The summed E-state index contributed by atoms with van der Waals surface area (Å²) in [5.74, 6) is 0.182. The molecular formula is C18H20F3N5O. The Kier molecular flexibility index (Phi) is 5.59. The Bertz CT molecular complexity index is 769. The molecule has 0 saturated carbocycles. The van der Waals surface area contributed by atoms with Crippen molar-refractivity contribution in [3.05, 3.63) is 47.7 Å². The maximum absolute atomic E-state index is 12.6. The fraction of sp³-hybridized carbons (Fsp3) is 0.389. The van der Waals surface area contributed by atoms with Crippen molar-refractivity contribution < 1.29 is 18.0 Å². The molecule has 0 aliphatic carbocycles. The SMILES string of the molecule is CCN1CCN(C(=O)c2ccc(Nc3ccc(C(F)(F)F)cc3)nn2)CC1. The first-order valence-electron chi connectivity index (χ1n) is 8.66. The molecule has 0 radical (unpaired) electrons. The van der Waals surface area contributed by atoms with Crippen LogP contribution >= 0.6 is 0 Å². The minimum Gasteiger partial charge on any atom is -0.339 e. The van der Waals surface area contributed by atoms with E-state index < -0.39 is 11.7 Å². The Hall–Kier alpha value is -2.68. The van der Waals surface area contributed by atoms with Gasteiger partial charge in [-0.05, 0) is 42.9 Å². The fourth-order valence-corrected chi connectivity index (χ4v) is 2.83. The topological polar surface area (TPSA) is 61.4 Å². The summed E-state index contributed by atoms with van der Waals surface area (Å²) in [6, 6.07) is 7.76. The van der Waals surface area contributed by atoms with Crippen molar-refractivity contribution in [3.63, 3.8) is 0 Å². The van der Waals surface area contributed by atoms with E-state index in [2.05, 4.69) is 27.3 Å². The molecule has 0 unspecified atom stereocenters. The molecule has 0 atom stereocenters. The molecular weight excluding hydrogens is 359 g/mol. The molecule has 1 aromatic carbocycles. The highest BCUT2D eigenvalue weighted by molar-refractivity contribution is 5.92. The summed E-state index contributed by atoms with van der Waals surface area (Å²) in [4.78, 5) is 16.5. The molecule has 0 spiro atoms. The minimum atomic E-state index is -4.37. The van der Waals surface area contributed by atoms with Crippen LogP contribution in [0.15, 0.2) is 36.4 Å². The second kappa shape index (κ2) is 7.91. The molecule has 3 rings (SSSR count). The van der Waals surface area contributed by atoms with Crippen molar-refractivity contribution in [1.82, 2.24) is 20.0 Å². The number of halogens is 3. The van der Waals surface area contributed by atoms with Gasteiger partial charge in [0.1, 0.15) is 0 Å². The van der Waals surface area contributed by atoms with Crippen LogP contribution in [0.3, 0.4) is 0 Å². The normalized spacial score (nSPS) is 15.6. The number of likely N-dealkylation sites (N-methyl/N-ethyl adjacent to an activating group) is 1. The number of hydrogen-bond acceptors (Lipinski definition) is 5. The van der Waals surface area contributed by atoms with Gasteiger partial charge in [-0.15, -0.1) is 10.2 Å². The molecule has 1 aromatic heterocycles. The van der Waals surface area contributed by atoms with E-state index in [1.807, 2.05) is 0 Å². The summed E-state index contributed by atoms with van der Waals surface area (Å²) in [6.07, 6.45) is -4.37. The Balaban J connectivity index is 1.61. The van der Waals surface area contributed by atoms with Crippen molar-refractivity contribution in [3.8, 4) is 0 Å². The number of piperazine rings is 1. The van der Waals surface area contributed by atoms with Gasteiger partial charge in [-0.3, -0.25) is 4.79 Å². The number of amides is 1. The predicted octanol–water partition coefficient (Wildman–Crippen LogP) is 3.02. The summed E-state index contributed by atoms with van der Waals surface area (Å²) in [5, 5.41) is 10.8. The lowest BCUT2D eigenvalue weighted by Gasteiger charge is -2.33. The van der Waals surface area contributed by atoms with Crippen molar-refractivity contribution in [2.24, 2.45) is 0 Å². The minimum absolute atomic E-state index is 0.167. The zero-order valence-electron chi connectivity index (χ0n) is 14.8. The van der Waals surface area contributed by atoms with E-state index in [4.69, 9.17) is 0 Å². The second-order valence-corrected chi connectivity index (χ2v) is 6.23. The molecule has 1 aliphatic heterocycles. The maximum atomic E-state index is 12.6. The van der Waals surface area contributed by atoms with Crippen molar-refractivity contribution >= 4 is 17.4 Å². The molecule has 144 valence electrons. The molecule has 9 heteroatoms. The maximum Gasteiger partial charge on any atom is 0.416 e. The van der Waals surface area contributed by atoms with Crippen LogP contribution in [0.25, 0.3) is 0 Å². The third-order valence-corrected chi connectivity index (χ3v) is 4.48. The van der Waals surface area contributed by atoms with Gasteiger partial charge < -0.3 is 15.1 Å². The monoisotopic (exact) mass is 379 g/mol. The fourth-order valence-electron chi connectivity index (χ4n) is 2.83. The van der Waals surface area contributed by atoms with Crippen LogP contribution in [0.5, 0.6) is 0 Å². The standard InChI is InChI=1S/C18H20F3N5O/c1-2-25-9-11-26(12-10-25)17(27)15-7-8-16(24-23-15)22-14-5-3-13(4-6-14)18(19,20)21/h3-8H,2,9-12H2,1H3,(H,22,24). The first kappa shape index (κ1) is 19.1. The zero-order valence-corrected chi connectivity index (χ0v) is 14.8. The van der Waals surface area contributed by atoms with Gasteiger partial charge in [-0.2, -0.15) is 13.2 Å². The van der Waals surface area contributed by atoms with Crippen LogP contribution < -0.4 is 5.32 Å². The quantitative estimate of drug-likeness (QED) is 0.885. The summed E-state index contributed by atoms with van der Waals surface area (Å²) in [5.41, 5.74) is -0.0202. The highest BCUT2D eigenvalue weighted by Crippen LogP contribution is 2.30. The lowest BCUT2D eigenvalue weighted by molar-refractivity contribution is -0.137. The van der Waals surface area contributed by atoms with Crippen LogP contribution in [-0.2, 0) is 6.18 Å². The number of nitrogens with zero attached hydrogens (tertiary/aromatic N) is 4. The number of alkyl halides is 3. The molecule has 2 heterocycles. The van der Waals surface area contributed by atoms with Crippen LogP contribution in [0.2, 0.25) is 0 Å². The van der Waals surface area contributed by atoms with Crippen LogP contribution in [0.1, 0.15) is 23.0 Å². The average Bonchev–Trinajstić information content (AvgIpc) is 2.68. The Morgan fingerprint density at radius 3 is 2.22 bits per heavy atom. The van der Waals surface area contributed by atoms with Crippen molar-refractivity contribution in [1.29, 1.82) is 0 Å². The number of benzene rings is 1. The molecule has 0 bridgehead atoms. The van der Waals surface area contributed by atoms with Crippen LogP contribution in [0, 0.1) is 0 Å². The zero-order chi connectivity index (χ0) is 19.4. The van der Waals surface area contributed by atoms with E-state index >= 15 is 0 Å². The van der Waals surface area contributed by atoms with Crippen molar-refractivity contribution in [2.75, 3.05) is 38.0 Å². The number of nitrogens with one attached hydrogen (secondary N) is 1. The smallest absolute Gasteiger partial charge is 0.339 e. The largest absolute Gasteiger partial charge is 0.416 e. The summed E-state index contributed by atoms with van der Waals surface area (Å²) in [7, 11) is 0. The average molecular weight is 379 g/mol. The molecule has 6 nitrogen and oxygen atoms in total. The first-order valence-corrected chi connectivity index (χ1v) is 8.66. The van der Waals surface area contributed by atoms with Gasteiger partial charge >= 0.3 is 6.18 Å². The van der Waals surface area contributed by atoms with Gasteiger partial charge in [-0.1, -0.05) is 6.92 Å². The molecule has 27 heavy (non-hydrogen) atoms. The van der Waals surface area contributed by atoms with Crippen LogP contribution in [0.4, 0.5) is 24.7 Å². The molecule has 1 amide bonds. The summed E-state index contributed by atoms with van der Waals surface area (Å²) < 4.78 is 37.7. The number of carbonyl (C=O) groups excluding carboxylic acids is 1. The highest BCUT2D eigenvalue weighted by Gasteiger charge is 2.30. The lowest BCUT2D eigenvalue weighted by Crippen LogP contribution is -2.48. The van der Waals surface area contributed by atoms with E-state index in [0.717, 1.165) is 31.8 Å². The van der Waals surface area contributed by atoms with Gasteiger partial charge in [0.05, 0.1) is 5.56 Å². The number of anilines is 2. The van der Waals surface area contributed by atoms with Gasteiger partial charge in [0.2, 0.25) is 0 Å². The van der Waals surface area contributed by atoms with E-state index in [0.29, 0.717) is 24.6 Å². The molecule has 1 fully saturated rings. The summed E-state index contributed by atoms with van der Waals surface area (Å²) >= 11 is 0. The van der Waals surface area contributed by atoms with E-state index in [1.165, 1.54) is 12.1 Å². The van der Waals surface area contributed by atoms with Gasteiger partial charge in [-0.25, -0.2) is 0 Å². The third kappa shape index (κ3) is 4.73. The van der Waals surface area contributed by atoms with Crippen molar-refractivity contribution in [2.45, 2.75) is 13.1 Å². The van der Waals surface area contributed by atoms with E-state index in [9.17, 15) is 18.0 Å². The Morgan fingerprint density at radius 1 is 1.04 bits per heavy atom. The summed E-state index contributed by atoms with van der Waals surface area (Å²) in [6.45, 7) is 6.03. The second-order valence-electron chi connectivity index (χ2n) is 6.23. The number of hydrogen-bond donors (Lipinski definition) is 1. The van der Waals surface area contributed by atoms with Gasteiger partial charge in [0.25, 0.3) is 5.91 Å². The van der Waals surface area contributed by atoms with Gasteiger partial charge in [0, 0.05) is 31.9 Å².